The molecule has 3 aliphatic carbocycles. The number of para-hydroxylation sites is 2. The first-order valence-corrected chi connectivity index (χ1v) is 14.6. The maximum atomic E-state index is 8.87. The Bertz CT molecular complexity index is 2580. The van der Waals surface area contributed by atoms with Crippen molar-refractivity contribution >= 4 is 49.3 Å². The van der Waals surface area contributed by atoms with E-state index in [1.165, 1.54) is 27.8 Å². The first kappa shape index (κ1) is 20.0. The topological polar surface area (TPSA) is 21.2 Å². The zero-order valence-electron chi connectivity index (χ0n) is 26.3. The van der Waals surface area contributed by atoms with E-state index in [9.17, 15) is 0 Å². The number of hydrogen-bond donors (Lipinski definition) is 0. The third kappa shape index (κ3) is 2.50. The van der Waals surface area contributed by atoms with Gasteiger partial charge in [-0.1, -0.05) is 84.9 Å². The normalized spacial score (nSPS) is 18.3. The van der Waals surface area contributed by atoms with Gasteiger partial charge >= 0.3 is 0 Å². The third-order valence-electron chi connectivity index (χ3n) is 10.0. The van der Waals surface area contributed by atoms with Gasteiger partial charge in [0, 0.05) is 26.7 Å². The van der Waals surface area contributed by atoms with Crippen molar-refractivity contribution in [3.63, 3.8) is 0 Å². The predicted molar refractivity (Wildman–Crippen MR) is 171 cm³/mol. The maximum Gasteiger partial charge on any atom is 0.295 e. The van der Waals surface area contributed by atoms with Gasteiger partial charge in [-0.25, -0.2) is 4.57 Å². The second kappa shape index (κ2) is 7.63. The lowest BCUT2D eigenvalue weighted by molar-refractivity contribution is -0.617. The van der Waals surface area contributed by atoms with Crippen LogP contribution in [0.3, 0.4) is 0 Å². The van der Waals surface area contributed by atoms with Gasteiger partial charge in [0.05, 0.1) is 29.0 Å². The molecule has 0 unspecified atom stereocenters. The van der Waals surface area contributed by atoms with Crippen molar-refractivity contribution in [2.24, 2.45) is 7.05 Å². The van der Waals surface area contributed by atoms with E-state index in [-0.39, 0.29) is 17.5 Å². The Morgan fingerprint density at radius 1 is 0.690 bits per heavy atom. The molecular weight excluding hydrogens is 510 g/mol. The lowest BCUT2D eigenvalue weighted by Crippen LogP contribution is -2.28. The summed E-state index contributed by atoms with van der Waals surface area (Å²) in [5.74, 6) is 0.0613. The molecule has 0 fully saturated rings. The summed E-state index contributed by atoms with van der Waals surface area (Å²) in [5.41, 5.74) is 13.8. The zero-order chi connectivity index (χ0) is 30.4. The smallest absolute Gasteiger partial charge is 0.252 e. The molecule has 0 spiro atoms. The molecule has 0 amide bonds. The number of imidazole rings is 1. The highest BCUT2D eigenvalue weighted by molar-refractivity contribution is 6.21. The number of nitrogens with zero attached hydrogens (tertiary/aromatic N) is 3. The molecule has 0 saturated heterocycles. The molecule has 11 rings (SSSR count). The van der Waals surface area contributed by atoms with Gasteiger partial charge in [-0.2, -0.15) is 4.40 Å². The largest absolute Gasteiger partial charge is 0.295 e. The van der Waals surface area contributed by atoms with E-state index >= 15 is 0 Å². The van der Waals surface area contributed by atoms with Gasteiger partial charge in [0.25, 0.3) is 5.65 Å². The fourth-order valence-electron chi connectivity index (χ4n) is 8.44. The lowest BCUT2D eigenvalue weighted by Gasteiger charge is -2.42. The van der Waals surface area contributed by atoms with Crippen LogP contribution in [0, 0.1) is 13.8 Å². The fraction of sp³-hybridized carbons (Fsp3) is 0.128. The van der Waals surface area contributed by atoms with Gasteiger partial charge in [0.2, 0.25) is 0 Å². The Labute approximate surface area is 247 Å². The summed E-state index contributed by atoms with van der Waals surface area (Å²) < 4.78 is 31.2. The highest BCUT2D eigenvalue weighted by atomic mass is 15.1. The van der Waals surface area contributed by atoms with Crippen molar-refractivity contribution in [3.8, 4) is 0 Å². The number of rotatable bonds is 0. The first-order valence-electron chi connectivity index (χ1n) is 16.1. The molecule has 198 valence electrons. The minimum Gasteiger partial charge on any atom is -0.252 e. The van der Waals surface area contributed by atoms with Gasteiger partial charge in [-0.3, -0.25) is 4.98 Å². The number of aromatic nitrogens is 3. The molecule has 3 aromatic heterocycles. The molecule has 2 bridgehead atoms. The second-order valence-electron chi connectivity index (χ2n) is 12.0. The van der Waals surface area contributed by atoms with E-state index in [1.54, 1.807) is 0 Å². The number of benzene rings is 5. The minimum atomic E-state index is -2.42. The van der Waals surface area contributed by atoms with Crippen LogP contribution in [0.2, 0.25) is 0 Å². The van der Waals surface area contributed by atoms with Crippen molar-refractivity contribution in [1.82, 2.24) is 9.38 Å². The number of fused-ring (bicyclic) bond motifs is 10. The summed E-state index contributed by atoms with van der Waals surface area (Å²) in [4.78, 5) is 5.24. The molecule has 3 heteroatoms. The van der Waals surface area contributed by atoms with Crippen LogP contribution in [-0.2, 0) is 7.05 Å². The van der Waals surface area contributed by atoms with Crippen LogP contribution in [0.5, 0.6) is 0 Å². The van der Waals surface area contributed by atoms with E-state index in [0.29, 0.717) is 5.39 Å². The lowest BCUT2D eigenvalue weighted by atomic mass is 9.60. The number of pyridine rings is 2. The standard InChI is InChI=1S/C39H28N3/c1-21-11-10-16-27-32(21)39-41(3)30-17-8-9-18-31(30)42(39)38-29-20-19-28-34-23-12-4-6-14-25(23)35(26-15-7-5-13-24(26)34)36(28)37(29)40-22(2)33(27)38/h4-20,34-35H,1-3H3/q+1/i2D3. The molecule has 0 saturated carbocycles. The average Bonchev–Trinajstić information content (AvgIpc) is 3.35. The van der Waals surface area contributed by atoms with Crippen LogP contribution in [0.25, 0.3) is 49.3 Å². The fourth-order valence-corrected chi connectivity index (χ4v) is 8.44. The van der Waals surface area contributed by atoms with E-state index in [2.05, 4.69) is 120 Å². The second-order valence-corrected chi connectivity index (χ2v) is 12.0. The molecule has 3 nitrogen and oxygen atoms in total. The van der Waals surface area contributed by atoms with Crippen LogP contribution in [-0.4, -0.2) is 9.38 Å². The van der Waals surface area contributed by atoms with Crippen LogP contribution < -0.4 is 4.57 Å². The maximum absolute atomic E-state index is 8.87. The van der Waals surface area contributed by atoms with Gasteiger partial charge in [0.15, 0.2) is 16.6 Å². The van der Waals surface area contributed by atoms with Crippen molar-refractivity contribution in [3.05, 3.63) is 148 Å². The summed E-state index contributed by atoms with van der Waals surface area (Å²) in [6.45, 7) is -0.314. The van der Waals surface area contributed by atoms with Crippen molar-refractivity contribution < 1.29 is 8.68 Å². The Hall–Kier alpha value is -5.02. The number of hydrogen-bond acceptors (Lipinski definition) is 1. The molecule has 3 aliphatic rings. The quantitative estimate of drug-likeness (QED) is 0.140. The summed E-state index contributed by atoms with van der Waals surface area (Å²) in [6, 6.07) is 36.6. The molecule has 0 radical (unpaired) electrons. The molecular formula is C39H28N3+. The Kier molecular flexibility index (Phi) is 3.62. The molecule has 8 aromatic rings. The average molecular weight is 542 g/mol. The van der Waals surface area contributed by atoms with Crippen LogP contribution in [0.1, 0.15) is 60.6 Å². The Morgan fingerprint density at radius 3 is 2.12 bits per heavy atom. The third-order valence-corrected chi connectivity index (χ3v) is 10.0. The summed E-state index contributed by atoms with van der Waals surface area (Å²) >= 11 is 0. The first-order chi connectivity index (χ1) is 21.8. The molecule has 3 heterocycles. The van der Waals surface area contributed by atoms with Gasteiger partial charge in [0.1, 0.15) is 0 Å². The van der Waals surface area contributed by atoms with E-state index < -0.39 is 6.85 Å². The Morgan fingerprint density at radius 2 is 1.38 bits per heavy atom. The zero-order valence-corrected chi connectivity index (χ0v) is 23.3. The predicted octanol–water partition coefficient (Wildman–Crippen LogP) is 8.38. The van der Waals surface area contributed by atoms with Gasteiger partial charge < -0.3 is 0 Å². The summed E-state index contributed by atoms with van der Waals surface area (Å²) in [5, 5.41) is 3.66. The molecule has 5 aromatic carbocycles. The summed E-state index contributed by atoms with van der Waals surface area (Å²) in [6.07, 6.45) is 0. The summed E-state index contributed by atoms with van der Waals surface area (Å²) in [7, 11) is 2.11. The van der Waals surface area contributed by atoms with Gasteiger partial charge in [-0.15, -0.1) is 0 Å². The van der Waals surface area contributed by atoms with Crippen LogP contribution >= 0.6 is 0 Å². The van der Waals surface area contributed by atoms with Crippen LogP contribution in [0.15, 0.2) is 103 Å². The van der Waals surface area contributed by atoms with Crippen molar-refractivity contribution in [2.45, 2.75) is 25.6 Å². The Balaban J connectivity index is 1.49. The van der Waals surface area contributed by atoms with Crippen molar-refractivity contribution in [1.29, 1.82) is 0 Å². The van der Waals surface area contributed by atoms with E-state index in [0.717, 1.165) is 55.0 Å². The highest BCUT2D eigenvalue weighted by Gasteiger charge is 2.42. The molecule has 0 aliphatic heterocycles. The minimum absolute atomic E-state index is 0.0220. The highest BCUT2D eigenvalue weighted by Crippen LogP contribution is 2.57. The number of aryl methyl sites for hydroxylation is 3. The molecule has 0 N–H and O–H groups in total. The SMILES string of the molecule is [2H]C([2H])([2H])c1nc2c3c(ccc2c2c1c1cccc(C)c1c1n2c2ccccc2[n+]1C)C1c2ccccc2C3c2ccccc21. The van der Waals surface area contributed by atoms with Crippen LogP contribution in [0.4, 0.5) is 0 Å². The molecule has 42 heavy (non-hydrogen) atoms. The monoisotopic (exact) mass is 541 g/mol. The van der Waals surface area contributed by atoms with Gasteiger partial charge in [-0.05, 0) is 70.9 Å². The molecule has 0 atom stereocenters. The van der Waals surface area contributed by atoms with E-state index in [4.69, 9.17) is 9.10 Å². The van der Waals surface area contributed by atoms with Crippen molar-refractivity contribution in [2.75, 3.05) is 0 Å². The van der Waals surface area contributed by atoms with E-state index in [1.807, 2.05) is 6.07 Å².